The Balaban J connectivity index is 1.66. The Morgan fingerprint density at radius 1 is 0.700 bits per heavy atom. The van der Waals surface area contributed by atoms with Crippen LogP contribution in [0.2, 0.25) is 5.02 Å². The van der Waals surface area contributed by atoms with E-state index in [2.05, 4.69) is 82.7 Å². The monoisotopic (exact) mass is 424 g/mol. The SMILES string of the molecule is Clc1ccccc1Nc1cc2c3ccc4ccccc4c3n(-c3ccccc3)c2s1. The van der Waals surface area contributed by atoms with Gasteiger partial charge in [-0.3, -0.25) is 0 Å². The lowest BCUT2D eigenvalue weighted by Crippen LogP contribution is -1.93. The third-order valence-electron chi connectivity index (χ3n) is 5.48. The zero-order chi connectivity index (χ0) is 20.1. The number of nitrogens with zero attached hydrogens (tertiary/aromatic N) is 1. The topological polar surface area (TPSA) is 17.0 Å². The number of para-hydroxylation sites is 2. The van der Waals surface area contributed by atoms with Crippen molar-refractivity contribution in [1.29, 1.82) is 0 Å². The van der Waals surface area contributed by atoms with Gasteiger partial charge in [-0.1, -0.05) is 89.7 Å². The molecule has 0 atom stereocenters. The molecule has 1 N–H and O–H groups in total. The first-order valence-electron chi connectivity index (χ1n) is 9.82. The maximum absolute atomic E-state index is 6.37. The predicted octanol–water partition coefficient (Wildman–Crippen LogP) is 8.40. The lowest BCUT2D eigenvalue weighted by Gasteiger charge is -2.09. The van der Waals surface area contributed by atoms with Crippen LogP contribution < -0.4 is 5.32 Å². The summed E-state index contributed by atoms with van der Waals surface area (Å²) in [5.41, 5.74) is 3.34. The summed E-state index contributed by atoms with van der Waals surface area (Å²) in [6.07, 6.45) is 0. The van der Waals surface area contributed by atoms with Crippen LogP contribution in [0.25, 0.3) is 37.6 Å². The molecule has 0 amide bonds. The van der Waals surface area contributed by atoms with Gasteiger partial charge in [0, 0.05) is 21.8 Å². The lowest BCUT2D eigenvalue weighted by atomic mass is 10.1. The molecule has 144 valence electrons. The molecule has 0 aliphatic heterocycles. The van der Waals surface area contributed by atoms with Crippen LogP contribution in [-0.2, 0) is 0 Å². The highest BCUT2D eigenvalue weighted by molar-refractivity contribution is 7.22. The van der Waals surface area contributed by atoms with E-state index in [1.165, 1.54) is 37.6 Å². The Hall–Kier alpha value is -3.27. The zero-order valence-corrected chi connectivity index (χ0v) is 17.5. The molecule has 2 nitrogen and oxygen atoms in total. The minimum Gasteiger partial charge on any atom is -0.346 e. The Morgan fingerprint density at radius 3 is 2.33 bits per heavy atom. The molecular weight excluding hydrogens is 408 g/mol. The highest BCUT2D eigenvalue weighted by Crippen LogP contribution is 2.43. The maximum atomic E-state index is 6.37. The molecule has 0 spiro atoms. The van der Waals surface area contributed by atoms with E-state index < -0.39 is 0 Å². The first-order chi connectivity index (χ1) is 14.8. The van der Waals surface area contributed by atoms with E-state index in [4.69, 9.17) is 11.6 Å². The minimum absolute atomic E-state index is 0.720. The number of hydrogen-bond donors (Lipinski definition) is 1. The number of thiophene rings is 1. The fourth-order valence-corrected chi connectivity index (χ4v) is 5.43. The standard InChI is InChI=1S/C26H17ClN2S/c27-22-12-6-7-13-23(22)28-24-16-21-20-15-14-17-8-4-5-11-19(17)25(20)29(26(21)30-24)18-9-2-1-3-10-18/h1-16,28H. The quantitative estimate of drug-likeness (QED) is 0.301. The molecule has 30 heavy (non-hydrogen) atoms. The first-order valence-corrected chi connectivity index (χ1v) is 11.0. The number of nitrogens with one attached hydrogen (secondary N) is 1. The van der Waals surface area contributed by atoms with Crippen LogP contribution in [-0.4, -0.2) is 4.57 Å². The van der Waals surface area contributed by atoms with Crippen LogP contribution in [0, 0.1) is 0 Å². The smallest absolute Gasteiger partial charge is 0.110 e. The molecule has 6 aromatic rings. The van der Waals surface area contributed by atoms with Crippen molar-refractivity contribution in [3.8, 4) is 5.69 Å². The van der Waals surface area contributed by atoms with E-state index in [1.54, 1.807) is 11.3 Å². The second-order valence-electron chi connectivity index (χ2n) is 7.29. The summed E-state index contributed by atoms with van der Waals surface area (Å²) >= 11 is 8.12. The molecule has 0 aliphatic rings. The largest absolute Gasteiger partial charge is 0.346 e. The Labute approximate surface area is 183 Å². The van der Waals surface area contributed by atoms with E-state index in [9.17, 15) is 0 Å². The van der Waals surface area contributed by atoms with Gasteiger partial charge in [-0.25, -0.2) is 0 Å². The van der Waals surface area contributed by atoms with E-state index in [-0.39, 0.29) is 0 Å². The Morgan fingerprint density at radius 2 is 1.47 bits per heavy atom. The number of halogens is 1. The fraction of sp³-hybridized carbons (Fsp3) is 0. The molecule has 2 heterocycles. The van der Waals surface area contributed by atoms with Gasteiger partial charge in [-0.15, -0.1) is 0 Å². The molecule has 0 bridgehead atoms. The number of hydrogen-bond acceptors (Lipinski definition) is 2. The minimum atomic E-state index is 0.720. The van der Waals surface area contributed by atoms with Gasteiger partial charge >= 0.3 is 0 Å². The normalized spacial score (nSPS) is 11.5. The molecule has 0 fully saturated rings. The van der Waals surface area contributed by atoms with Crippen molar-refractivity contribution in [2.24, 2.45) is 0 Å². The predicted molar refractivity (Wildman–Crippen MR) is 131 cm³/mol. The van der Waals surface area contributed by atoms with Gasteiger partial charge < -0.3 is 9.88 Å². The molecule has 0 radical (unpaired) electrons. The molecule has 0 saturated heterocycles. The van der Waals surface area contributed by atoms with Gasteiger partial charge in [-0.2, -0.15) is 0 Å². The van der Waals surface area contributed by atoms with Crippen molar-refractivity contribution >= 4 is 65.5 Å². The van der Waals surface area contributed by atoms with Crippen LogP contribution in [0.5, 0.6) is 0 Å². The third kappa shape index (κ3) is 2.71. The van der Waals surface area contributed by atoms with Crippen LogP contribution in [0.3, 0.4) is 0 Å². The van der Waals surface area contributed by atoms with E-state index in [0.717, 1.165) is 15.7 Å². The van der Waals surface area contributed by atoms with Crippen molar-refractivity contribution in [2.75, 3.05) is 5.32 Å². The summed E-state index contributed by atoms with van der Waals surface area (Å²) in [7, 11) is 0. The summed E-state index contributed by atoms with van der Waals surface area (Å²) in [6.45, 7) is 0. The van der Waals surface area contributed by atoms with Crippen LogP contribution >= 0.6 is 22.9 Å². The number of aromatic nitrogens is 1. The van der Waals surface area contributed by atoms with Gasteiger partial charge in [-0.05, 0) is 35.7 Å². The van der Waals surface area contributed by atoms with E-state index >= 15 is 0 Å². The number of rotatable bonds is 3. The van der Waals surface area contributed by atoms with Crippen LogP contribution in [0.1, 0.15) is 0 Å². The average Bonchev–Trinajstić information content (AvgIpc) is 3.32. The van der Waals surface area contributed by atoms with Gasteiger partial charge in [0.25, 0.3) is 0 Å². The summed E-state index contributed by atoms with van der Waals surface area (Å²) < 4.78 is 2.38. The zero-order valence-electron chi connectivity index (χ0n) is 16.0. The number of benzene rings is 4. The molecule has 4 aromatic carbocycles. The van der Waals surface area contributed by atoms with Crippen molar-refractivity contribution < 1.29 is 0 Å². The third-order valence-corrected chi connectivity index (χ3v) is 6.84. The van der Waals surface area contributed by atoms with Gasteiger partial charge in [0.2, 0.25) is 0 Å². The Kier molecular flexibility index (Phi) is 4.05. The highest BCUT2D eigenvalue weighted by atomic mass is 35.5. The van der Waals surface area contributed by atoms with Crippen LogP contribution in [0.4, 0.5) is 10.7 Å². The second kappa shape index (κ2) is 6.91. The van der Waals surface area contributed by atoms with Crippen molar-refractivity contribution in [3.63, 3.8) is 0 Å². The summed E-state index contributed by atoms with van der Waals surface area (Å²) in [6, 6.07) is 33.7. The molecule has 0 saturated carbocycles. The van der Waals surface area contributed by atoms with Crippen molar-refractivity contribution in [1.82, 2.24) is 4.57 Å². The second-order valence-corrected chi connectivity index (χ2v) is 8.73. The summed E-state index contributed by atoms with van der Waals surface area (Å²) in [4.78, 5) is 1.22. The average molecular weight is 425 g/mol. The molecule has 4 heteroatoms. The molecular formula is C26H17ClN2S. The first kappa shape index (κ1) is 17.6. The van der Waals surface area contributed by atoms with E-state index in [0.29, 0.717) is 0 Å². The van der Waals surface area contributed by atoms with Crippen molar-refractivity contribution in [3.05, 3.63) is 102 Å². The maximum Gasteiger partial charge on any atom is 0.110 e. The fourth-order valence-electron chi connectivity index (χ4n) is 4.14. The molecule has 6 rings (SSSR count). The van der Waals surface area contributed by atoms with Gasteiger partial charge in [0.05, 0.1) is 21.2 Å². The Bertz CT molecular complexity index is 1530. The summed E-state index contributed by atoms with van der Waals surface area (Å²) in [5, 5.41) is 10.3. The number of fused-ring (bicyclic) bond motifs is 5. The molecule has 0 unspecified atom stereocenters. The van der Waals surface area contributed by atoms with Gasteiger partial charge in [0.1, 0.15) is 4.83 Å². The highest BCUT2D eigenvalue weighted by Gasteiger charge is 2.18. The lowest BCUT2D eigenvalue weighted by molar-refractivity contribution is 1.20. The molecule has 2 aromatic heterocycles. The summed E-state index contributed by atoms with van der Waals surface area (Å²) in [5.74, 6) is 0. The van der Waals surface area contributed by atoms with E-state index in [1.807, 2.05) is 24.3 Å². The van der Waals surface area contributed by atoms with Gasteiger partial charge in [0.15, 0.2) is 0 Å². The number of anilines is 2. The van der Waals surface area contributed by atoms with Crippen LogP contribution in [0.15, 0.2) is 97.1 Å². The van der Waals surface area contributed by atoms with Crippen molar-refractivity contribution in [2.45, 2.75) is 0 Å². The molecule has 0 aliphatic carbocycles.